The van der Waals surface area contributed by atoms with Crippen LogP contribution in [0.25, 0.3) is 0 Å². The van der Waals surface area contributed by atoms with Gasteiger partial charge in [0, 0.05) is 12.8 Å². The molecule has 1 heterocycles. The molecule has 1 unspecified atom stereocenters. The van der Waals surface area contributed by atoms with E-state index in [9.17, 15) is 0 Å². The summed E-state index contributed by atoms with van der Waals surface area (Å²) in [6, 6.07) is 0. The molecule has 44 valence electrons. The van der Waals surface area contributed by atoms with E-state index < -0.39 is 0 Å². The third-order valence-corrected chi connectivity index (χ3v) is 1.14. The summed E-state index contributed by atoms with van der Waals surface area (Å²) in [5.41, 5.74) is 0. The molecule has 0 spiro atoms. The fraction of sp³-hybridized carbons (Fsp3) is 0.714. The molecule has 0 bridgehead atoms. The van der Waals surface area contributed by atoms with E-state index >= 15 is 0 Å². The first-order chi connectivity index (χ1) is 3.93. The minimum Gasteiger partial charge on any atom is -0.365 e. The van der Waals surface area contributed by atoms with Crippen LogP contribution in [0.3, 0.4) is 0 Å². The van der Waals surface area contributed by atoms with E-state index in [1.54, 1.807) is 0 Å². The van der Waals surface area contributed by atoms with Gasteiger partial charge in [0.05, 0.1) is 6.61 Å². The van der Waals surface area contributed by atoms with Crippen molar-refractivity contribution in [3.05, 3.63) is 0 Å². The van der Waals surface area contributed by atoms with Crippen molar-refractivity contribution in [3.63, 3.8) is 0 Å². The van der Waals surface area contributed by atoms with Gasteiger partial charge in [0.15, 0.2) is 0 Å². The molecule has 1 fully saturated rings. The molecule has 1 heteroatoms. The van der Waals surface area contributed by atoms with Gasteiger partial charge < -0.3 is 4.74 Å². The van der Waals surface area contributed by atoms with E-state index in [2.05, 4.69) is 11.8 Å². The summed E-state index contributed by atoms with van der Waals surface area (Å²) in [7, 11) is 0. The molecule has 1 aliphatic heterocycles. The fourth-order valence-electron chi connectivity index (χ4n) is 0.565. The normalized spacial score (nSPS) is 25.4. The highest BCUT2D eigenvalue weighted by Crippen LogP contribution is 2.08. The van der Waals surface area contributed by atoms with E-state index in [4.69, 9.17) is 4.74 Å². The number of ether oxygens (including phenoxy) is 1. The Morgan fingerprint density at radius 1 is 1.75 bits per heavy atom. The summed E-state index contributed by atoms with van der Waals surface area (Å²) in [6.45, 7) is 2.95. The van der Waals surface area contributed by atoms with Crippen molar-refractivity contribution in [3.8, 4) is 11.8 Å². The zero-order chi connectivity index (χ0) is 5.82. The maximum Gasteiger partial charge on any atom is 0.120 e. The Bertz CT molecular complexity index is 114. The molecule has 1 saturated heterocycles. The first kappa shape index (κ1) is 5.65. The molecule has 0 aromatic carbocycles. The molecule has 0 aromatic rings. The molecule has 1 atom stereocenters. The van der Waals surface area contributed by atoms with Crippen molar-refractivity contribution in [2.45, 2.75) is 25.9 Å². The molecular weight excluding hydrogens is 100 g/mol. The highest BCUT2D eigenvalue weighted by atomic mass is 16.5. The second-order valence-corrected chi connectivity index (χ2v) is 1.82. The fourth-order valence-corrected chi connectivity index (χ4v) is 0.565. The Hall–Kier alpha value is -0.480. The maximum absolute atomic E-state index is 5.06. The van der Waals surface area contributed by atoms with Crippen LogP contribution in [0.2, 0.25) is 0 Å². The van der Waals surface area contributed by atoms with Gasteiger partial charge in [-0.1, -0.05) is 12.8 Å². The summed E-state index contributed by atoms with van der Waals surface area (Å²) in [5, 5.41) is 0. The Labute approximate surface area is 50.0 Å². The standard InChI is InChI=1S/C7H10O/c1-2-3-4-7-5-6-8-7/h7H,2,5-6H2,1H3. The van der Waals surface area contributed by atoms with Crippen LogP contribution in [-0.4, -0.2) is 12.7 Å². The van der Waals surface area contributed by atoms with Crippen LogP contribution in [0.15, 0.2) is 0 Å². The summed E-state index contributed by atoms with van der Waals surface area (Å²) in [5.74, 6) is 5.97. The molecule has 0 radical (unpaired) electrons. The van der Waals surface area contributed by atoms with Crippen LogP contribution in [0.1, 0.15) is 19.8 Å². The van der Waals surface area contributed by atoms with Crippen LogP contribution in [0.4, 0.5) is 0 Å². The summed E-state index contributed by atoms with van der Waals surface area (Å²) < 4.78 is 5.06. The molecule has 0 aromatic heterocycles. The second kappa shape index (κ2) is 2.74. The van der Waals surface area contributed by atoms with E-state index in [1.165, 1.54) is 0 Å². The monoisotopic (exact) mass is 110 g/mol. The zero-order valence-corrected chi connectivity index (χ0v) is 5.11. The van der Waals surface area contributed by atoms with Crippen molar-refractivity contribution in [1.82, 2.24) is 0 Å². The average molecular weight is 110 g/mol. The van der Waals surface area contributed by atoms with Gasteiger partial charge in [-0.15, -0.1) is 5.92 Å². The third-order valence-electron chi connectivity index (χ3n) is 1.14. The second-order valence-electron chi connectivity index (χ2n) is 1.82. The topological polar surface area (TPSA) is 9.23 Å². The van der Waals surface area contributed by atoms with E-state index in [-0.39, 0.29) is 6.10 Å². The molecule has 8 heavy (non-hydrogen) atoms. The highest BCUT2D eigenvalue weighted by molar-refractivity contribution is 5.06. The van der Waals surface area contributed by atoms with Gasteiger partial charge in [0.1, 0.15) is 6.10 Å². The van der Waals surface area contributed by atoms with Crippen molar-refractivity contribution in [2.75, 3.05) is 6.61 Å². The van der Waals surface area contributed by atoms with Crippen molar-refractivity contribution < 1.29 is 4.74 Å². The van der Waals surface area contributed by atoms with Crippen molar-refractivity contribution >= 4 is 0 Å². The lowest BCUT2D eigenvalue weighted by Crippen LogP contribution is -2.24. The van der Waals surface area contributed by atoms with Gasteiger partial charge in [-0.2, -0.15) is 0 Å². The van der Waals surface area contributed by atoms with Gasteiger partial charge in [0.25, 0.3) is 0 Å². The Morgan fingerprint density at radius 3 is 2.88 bits per heavy atom. The van der Waals surface area contributed by atoms with Gasteiger partial charge in [0.2, 0.25) is 0 Å². The SMILES string of the molecule is CCC#CC1CCO1. The lowest BCUT2D eigenvalue weighted by molar-refractivity contribution is -0.0122. The van der Waals surface area contributed by atoms with Crippen LogP contribution >= 0.6 is 0 Å². The van der Waals surface area contributed by atoms with Crippen LogP contribution < -0.4 is 0 Å². The molecule has 0 saturated carbocycles. The lowest BCUT2D eigenvalue weighted by Gasteiger charge is -2.20. The molecule has 0 amide bonds. The Balaban J connectivity index is 2.16. The highest BCUT2D eigenvalue weighted by Gasteiger charge is 2.13. The molecule has 0 aliphatic carbocycles. The van der Waals surface area contributed by atoms with Gasteiger partial charge in [-0.3, -0.25) is 0 Å². The molecular formula is C7H10O. The van der Waals surface area contributed by atoms with Crippen molar-refractivity contribution in [2.24, 2.45) is 0 Å². The summed E-state index contributed by atoms with van der Waals surface area (Å²) in [6.07, 6.45) is 2.35. The van der Waals surface area contributed by atoms with E-state index in [1.807, 2.05) is 6.92 Å². The number of hydrogen-bond acceptors (Lipinski definition) is 1. The lowest BCUT2D eigenvalue weighted by atomic mass is 10.2. The Kier molecular flexibility index (Phi) is 1.93. The average Bonchev–Trinajstić information content (AvgIpc) is 1.63. The first-order valence-corrected chi connectivity index (χ1v) is 3.03. The van der Waals surface area contributed by atoms with Gasteiger partial charge in [-0.25, -0.2) is 0 Å². The minimum absolute atomic E-state index is 0.273. The number of hydrogen-bond donors (Lipinski definition) is 0. The largest absolute Gasteiger partial charge is 0.365 e. The predicted octanol–water partition coefficient (Wildman–Crippen LogP) is 1.19. The molecule has 1 rings (SSSR count). The van der Waals surface area contributed by atoms with Gasteiger partial charge >= 0.3 is 0 Å². The third kappa shape index (κ3) is 1.24. The molecule has 1 aliphatic rings. The van der Waals surface area contributed by atoms with Crippen LogP contribution in [0, 0.1) is 11.8 Å². The van der Waals surface area contributed by atoms with Crippen molar-refractivity contribution in [1.29, 1.82) is 0 Å². The van der Waals surface area contributed by atoms with E-state index in [0.29, 0.717) is 0 Å². The molecule has 0 N–H and O–H groups in total. The zero-order valence-electron chi connectivity index (χ0n) is 5.11. The molecule has 1 nitrogen and oxygen atoms in total. The van der Waals surface area contributed by atoms with E-state index in [0.717, 1.165) is 19.4 Å². The summed E-state index contributed by atoms with van der Waals surface area (Å²) in [4.78, 5) is 0. The maximum atomic E-state index is 5.06. The van der Waals surface area contributed by atoms with Crippen LogP contribution in [0.5, 0.6) is 0 Å². The predicted molar refractivity (Wildman–Crippen MR) is 32.4 cm³/mol. The van der Waals surface area contributed by atoms with Gasteiger partial charge in [-0.05, 0) is 0 Å². The quantitative estimate of drug-likeness (QED) is 0.425. The smallest absolute Gasteiger partial charge is 0.120 e. The summed E-state index contributed by atoms with van der Waals surface area (Å²) >= 11 is 0. The van der Waals surface area contributed by atoms with Crippen LogP contribution in [-0.2, 0) is 4.74 Å². The first-order valence-electron chi connectivity index (χ1n) is 3.03. The Morgan fingerprint density at radius 2 is 2.50 bits per heavy atom. The minimum atomic E-state index is 0.273. The number of rotatable bonds is 0.